The van der Waals surface area contributed by atoms with Crippen LogP contribution in [-0.2, 0) is 0 Å². The molecule has 2 aliphatic heterocycles. The van der Waals surface area contributed by atoms with Crippen molar-refractivity contribution in [3.63, 3.8) is 0 Å². The number of allylic oxidation sites excluding steroid dienone is 1. The summed E-state index contributed by atoms with van der Waals surface area (Å²) in [5.74, 6) is 1.66. The second-order valence-corrected chi connectivity index (χ2v) is 7.05. The van der Waals surface area contributed by atoms with Crippen molar-refractivity contribution in [2.45, 2.75) is 47.1 Å². The van der Waals surface area contributed by atoms with Gasteiger partial charge in [-0.05, 0) is 38.2 Å². The van der Waals surface area contributed by atoms with Gasteiger partial charge in [-0.2, -0.15) is 0 Å². The first-order valence-corrected chi connectivity index (χ1v) is 6.98. The predicted molar refractivity (Wildman–Crippen MR) is 71.5 cm³/mol. The first kappa shape index (κ1) is 11.6. The zero-order valence-electron chi connectivity index (χ0n) is 12.2. The van der Waals surface area contributed by atoms with E-state index in [0.29, 0.717) is 11.0 Å². The van der Waals surface area contributed by atoms with Crippen LogP contribution in [0.4, 0.5) is 0 Å². The summed E-state index contributed by atoms with van der Waals surface area (Å²) in [6.45, 7) is 18.1. The maximum Gasteiger partial charge on any atom is 0.0711 e. The van der Waals surface area contributed by atoms with E-state index in [-0.39, 0.29) is 0 Å². The minimum Gasteiger partial charge on any atom is -0.361 e. The Kier molecular flexibility index (Phi) is 2.10. The second kappa shape index (κ2) is 3.09. The number of rotatable bonds is 0. The number of nitrogens with zero attached hydrogens (tertiary/aromatic N) is 2. The van der Waals surface area contributed by atoms with Gasteiger partial charge in [0, 0.05) is 29.7 Å². The molecular weight excluding hydrogens is 208 g/mol. The highest BCUT2D eigenvalue weighted by molar-refractivity contribution is 5.27. The maximum atomic E-state index is 2.73. The molecule has 96 valence electrons. The standard InChI is InChI=1S/C15H26N2/c1-10-7-17-9-16(13(10)4)8-14(5)11(2)12(3)15(14,17)6/h11-12H,7-9H2,1-6H3. The van der Waals surface area contributed by atoms with E-state index in [2.05, 4.69) is 51.3 Å². The highest BCUT2D eigenvalue weighted by Gasteiger charge is 2.68. The van der Waals surface area contributed by atoms with Gasteiger partial charge in [0.2, 0.25) is 0 Å². The van der Waals surface area contributed by atoms with Crippen LogP contribution in [0.1, 0.15) is 41.5 Å². The second-order valence-electron chi connectivity index (χ2n) is 7.05. The van der Waals surface area contributed by atoms with Crippen LogP contribution >= 0.6 is 0 Å². The summed E-state index contributed by atoms with van der Waals surface area (Å²) < 4.78 is 0. The fraction of sp³-hybridized carbons (Fsp3) is 0.867. The molecule has 2 nitrogen and oxygen atoms in total. The van der Waals surface area contributed by atoms with Crippen LogP contribution in [-0.4, -0.2) is 35.1 Å². The van der Waals surface area contributed by atoms with Crippen LogP contribution in [0.2, 0.25) is 0 Å². The van der Waals surface area contributed by atoms with Crippen molar-refractivity contribution in [2.75, 3.05) is 19.8 Å². The van der Waals surface area contributed by atoms with Gasteiger partial charge in [-0.25, -0.2) is 0 Å². The van der Waals surface area contributed by atoms with Crippen LogP contribution in [0.3, 0.4) is 0 Å². The molecule has 2 bridgehead atoms. The molecule has 0 radical (unpaired) electrons. The van der Waals surface area contributed by atoms with Gasteiger partial charge >= 0.3 is 0 Å². The summed E-state index contributed by atoms with van der Waals surface area (Å²) in [6, 6.07) is 0. The van der Waals surface area contributed by atoms with Crippen LogP contribution in [0.25, 0.3) is 0 Å². The van der Waals surface area contributed by atoms with Gasteiger partial charge in [-0.1, -0.05) is 20.8 Å². The zero-order chi connectivity index (χ0) is 12.6. The van der Waals surface area contributed by atoms with Crippen molar-refractivity contribution >= 4 is 0 Å². The van der Waals surface area contributed by atoms with E-state index in [4.69, 9.17) is 0 Å². The molecule has 2 heteroatoms. The molecule has 0 spiro atoms. The SMILES string of the molecule is CC1=C(C)N2CN(C1)C1(C)C(C)C(C)C1(C)C2. The number of hydrogen-bond donors (Lipinski definition) is 0. The smallest absolute Gasteiger partial charge is 0.0711 e. The lowest BCUT2D eigenvalue weighted by Gasteiger charge is -2.74. The molecule has 1 saturated heterocycles. The van der Waals surface area contributed by atoms with Crippen LogP contribution in [0.5, 0.6) is 0 Å². The fourth-order valence-electron chi connectivity index (χ4n) is 4.79. The normalized spacial score (nSPS) is 53.3. The Balaban J connectivity index is 2.05. The quantitative estimate of drug-likeness (QED) is 0.636. The molecule has 0 amide bonds. The third kappa shape index (κ3) is 1.07. The topological polar surface area (TPSA) is 6.48 Å². The lowest BCUT2D eigenvalue weighted by Crippen LogP contribution is -2.81. The first-order chi connectivity index (χ1) is 7.82. The molecule has 5 atom stereocenters. The molecule has 0 aromatic heterocycles. The lowest BCUT2D eigenvalue weighted by molar-refractivity contribution is -0.244. The average molecular weight is 234 g/mol. The van der Waals surface area contributed by atoms with Crippen molar-refractivity contribution in [3.05, 3.63) is 11.3 Å². The van der Waals surface area contributed by atoms with Crippen LogP contribution in [0.15, 0.2) is 11.3 Å². The Morgan fingerprint density at radius 3 is 2.41 bits per heavy atom. The summed E-state index contributed by atoms with van der Waals surface area (Å²) >= 11 is 0. The van der Waals surface area contributed by atoms with E-state index >= 15 is 0 Å². The highest BCUT2D eigenvalue weighted by atomic mass is 15.4. The Bertz CT molecular complexity index is 400. The fourth-order valence-corrected chi connectivity index (χ4v) is 4.79. The van der Waals surface area contributed by atoms with E-state index < -0.39 is 0 Å². The minimum atomic E-state index is 0.408. The van der Waals surface area contributed by atoms with Crippen molar-refractivity contribution in [1.29, 1.82) is 0 Å². The number of hydrogen-bond acceptors (Lipinski definition) is 2. The molecule has 3 rings (SSSR count). The molecule has 1 aliphatic carbocycles. The van der Waals surface area contributed by atoms with Crippen molar-refractivity contribution in [3.8, 4) is 0 Å². The van der Waals surface area contributed by atoms with E-state index in [1.54, 1.807) is 5.57 Å². The maximum absolute atomic E-state index is 2.73. The minimum absolute atomic E-state index is 0.408. The van der Waals surface area contributed by atoms with Gasteiger partial charge in [-0.3, -0.25) is 4.90 Å². The van der Waals surface area contributed by atoms with E-state index in [0.717, 1.165) is 18.5 Å². The molecule has 2 fully saturated rings. The molecule has 0 aromatic rings. The van der Waals surface area contributed by atoms with Crippen LogP contribution in [0, 0.1) is 17.3 Å². The van der Waals surface area contributed by atoms with Gasteiger partial charge in [0.05, 0.1) is 6.67 Å². The van der Waals surface area contributed by atoms with Gasteiger partial charge in [0.15, 0.2) is 0 Å². The van der Waals surface area contributed by atoms with E-state index in [1.165, 1.54) is 18.8 Å². The summed E-state index contributed by atoms with van der Waals surface area (Å²) in [5, 5.41) is 0. The lowest BCUT2D eigenvalue weighted by atomic mass is 9.42. The largest absolute Gasteiger partial charge is 0.361 e. The van der Waals surface area contributed by atoms with Gasteiger partial charge < -0.3 is 4.90 Å². The molecule has 0 N–H and O–H groups in total. The van der Waals surface area contributed by atoms with Gasteiger partial charge in [0.1, 0.15) is 0 Å². The van der Waals surface area contributed by atoms with Crippen molar-refractivity contribution < 1.29 is 0 Å². The average Bonchev–Trinajstić information content (AvgIpc) is 2.30. The summed E-state index contributed by atoms with van der Waals surface area (Å²) in [4.78, 5) is 5.33. The molecule has 3 aliphatic rings. The van der Waals surface area contributed by atoms with Crippen LogP contribution < -0.4 is 0 Å². The van der Waals surface area contributed by atoms with E-state index in [1.807, 2.05) is 0 Å². The van der Waals surface area contributed by atoms with Gasteiger partial charge in [0.25, 0.3) is 0 Å². The Morgan fingerprint density at radius 1 is 1.12 bits per heavy atom. The summed E-state index contributed by atoms with van der Waals surface area (Å²) in [6.07, 6.45) is 0. The predicted octanol–water partition coefficient (Wildman–Crippen LogP) is 2.92. The van der Waals surface area contributed by atoms with Gasteiger partial charge in [-0.15, -0.1) is 0 Å². The molecule has 1 saturated carbocycles. The summed E-state index contributed by atoms with van der Waals surface area (Å²) in [5.41, 5.74) is 3.96. The molecule has 5 unspecified atom stereocenters. The monoisotopic (exact) mass is 234 g/mol. The molecular formula is C15H26N2. The molecule has 0 aromatic carbocycles. The summed E-state index contributed by atoms with van der Waals surface area (Å²) in [7, 11) is 0. The van der Waals surface area contributed by atoms with Crippen molar-refractivity contribution in [1.82, 2.24) is 9.80 Å². The molecule has 17 heavy (non-hydrogen) atoms. The Labute approximate surface area is 106 Å². The number of fused-ring (bicyclic) bond motifs is 4. The highest BCUT2D eigenvalue weighted by Crippen LogP contribution is 2.63. The Morgan fingerprint density at radius 2 is 1.76 bits per heavy atom. The third-order valence-electron chi connectivity index (χ3n) is 6.84. The Hall–Kier alpha value is -0.500. The van der Waals surface area contributed by atoms with E-state index in [9.17, 15) is 0 Å². The van der Waals surface area contributed by atoms with Crippen molar-refractivity contribution in [2.24, 2.45) is 17.3 Å². The zero-order valence-corrected chi connectivity index (χ0v) is 12.2. The first-order valence-electron chi connectivity index (χ1n) is 6.98. The molecule has 2 heterocycles. The third-order valence-corrected chi connectivity index (χ3v) is 6.84.